The minimum absolute atomic E-state index is 0.162. The number of halogens is 1. The molecule has 0 radical (unpaired) electrons. The van der Waals surface area contributed by atoms with Gasteiger partial charge in [-0.15, -0.1) is 0 Å². The molecule has 0 aromatic heterocycles. The van der Waals surface area contributed by atoms with Crippen LogP contribution in [0.3, 0.4) is 0 Å². The molecule has 0 saturated heterocycles. The Labute approximate surface area is 151 Å². The number of carbonyl (C=O) groups excluding carboxylic acids is 4. The van der Waals surface area contributed by atoms with Crippen LogP contribution in [0.5, 0.6) is 0 Å². The van der Waals surface area contributed by atoms with Gasteiger partial charge in [0.25, 0.3) is 0 Å². The molecule has 0 amide bonds. The van der Waals surface area contributed by atoms with Crippen LogP contribution >= 0.6 is 0 Å². The molecule has 0 aliphatic carbocycles. The average molecular weight is 450 g/mol. The Bertz CT molecular complexity index is 945. The van der Waals surface area contributed by atoms with Crippen molar-refractivity contribution < 1.29 is 49.9 Å². The van der Waals surface area contributed by atoms with Gasteiger partial charge in [0.15, 0.2) is 0 Å². The van der Waals surface area contributed by atoms with E-state index in [0.29, 0.717) is 5.69 Å². The number of anilines is 1. The van der Waals surface area contributed by atoms with Crippen LogP contribution in [0.4, 0.5) is 5.69 Å². The molecule has 0 spiro atoms. The zero-order chi connectivity index (χ0) is 17.9. The van der Waals surface area contributed by atoms with Crippen LogP contribution in [0.2, 0.25) is 0 Å². The minimum atomic E-state index is -0.862. The van der Waals surface area contributed by atoms with Crippen LogP contribution in [0.25, 0.3) is 0 Å². The topological polar surface area (TPSA) is 113 Å². The van der Waals surface area contributed by atoms with Crippen molar-refractivity contribution in [3.63, 3.8) is 0 Å². The zero-order valence-corrected chi connectivity index (χ0v) is 14.9. The molecule has 7 nitrogen and oxygen atoms in total. The van der Waals surface area contributed by atoms with E-state index in [-0.39, 0.29) is 22.3 Å². The summed E-state index contributed by atoms with van der Waals surface area (Å²) in [5.41, 5.74) is 8.09. The third-order valence-corrected chi connectivity index (χ3v) is 7.15. The van der Waals surface area contributed by atoms with E-state index in [1.807, 2.05) is 6.92 Å². The van der Waals surface area contributed by atoms with Gasteiger partial charge in [-0.2, -0.15) is 0 Å². The summed E-state index contributed by atoms with van der Waals surface area (Å²) < 4.78 is 10.8. The van der Waals surface area contributed by atoms with Gasteiger partial charge in [-0.05, 0) is 0 Å². The second-order valence-corrected chi connectivity index (χ2v) is 8.38. The van der Waals surface area contributed by atoms with Crippen molar-refractivity contribution in [3.8, 4) is 0 Å². The fourth-order valence-corrected chi connectivity index (χ4v) is 5.24. The van der Waals surface area contributed by atoms with Gasteiger partial charge in [0.05, 0.1) is 0 Å². The molecular weight excluding hydrogens is 441 g/mol. The standard InChI is InChI=1S/C17H9INO6/c1-6-2-7-8(15(21)24-14(7)20)3-11(6)18-12-4-9-10(5-13(12)19)17(23)25-16(9)22/h2-5H,19H2,1H3/q-1. The van der Waals surface area contributed by atoms with E-state index in [1.165, 1.54) is 6.07 Å². The summed E-state index contributed by atoms with van der Waals surface area (Å²) in [6, 6.07) is 6.28. The van der Waals surface area contributed by atoms with Gasteiger partial charge >= 0.3 is 151 Å². The van der Waals surface area contributed by atoms with Crippen LogP contribution in [0.1, 0.15) is 47.0 Å². The molecule has 2 aliphatic heterocycles. The first-order valence-electron chi connectivity index (χ1n) is 7.11. The van der Waals surface area contributed by atoms with Crippen molar-refractivity contribution in [2.24, 2.45) is 0 Å². The Morgan fingerprint density at radius 1 is 0.720 bits per heavy atom. The van der Waals surface area contributed by atoms with E-state index < -0.39 is 45.1 Å². The van der Waals surface area contributed by atoms with Crippen LogP contribution in [0.15, 0.2) is 24.3 Å². The molecule has 4 rings (SSSR count). The summed E-state index contributed by atoms with van der Waals surface area (Å²) in [5, 5.41) is 0. The summed E-state index contributed by atoms with van der Waals surface area (Å²) in [4.78, 5) is 46.6. The molecule has 25 heavy (non-hydrogen) atoms. The van der Waals surface area contributed by atoms with Crippen molar-refractivity contribution in [2.45, 2.75) is 6.92 Å². The maximum absolute atomic E-state index is 11.7. The first kappa shape index (κ1) is 15.8. The Morgan fingerprint density at radius 3 is 1.72 bits per heavy atom. The Hall–Kier alpha value is -2.75. The number of aryl methyl sites for hydroxylation is 1. The summed E-state index contributed by atoms with van der Waals surface area (Å²) in [6.07, 6.45) is 0. The van der Waals surface area contributed by atoms with Gasteiger partial charge in [0.1, 0.15) is 0 Å². The van der Waals surface area contributed by atoms with Gasteiger partial charge in [-0.1, -0.05) is 0 Å². The second kappa shape index (κ2) is 5.38. The number of nitrogens with two attached hydrogens (primary N) is 1. The quantitative estimate of drug-likeness (QED) is 0.252. The molecule has 2 heterocycles. The van der Waals surface area contributed by atoms with Crippen LogP contribution in [-0.2, 0) is 9.47 Å². The van der Waals surface area contributed by atoms with Crippen molar-refractivity contribution in [1.29, 1.82) is 0 Å². The van der Waals surface area contributed by atoms with E-state index in [0.717, 1.165) is 12.7 Å². The maximum atomic E-state index is 11.7. The number of nitrogen functional groups attached to an aromatic ring is 1. The Kier molecular flexibility index (Phi) is 3.39. The Morgan fingerprint density at radius 2 is 1.16 bits per heavy atom. The molecule has 8 heteroatoms. The Balaban J connectivity index is 1.77. The molecule has 126 valence electrons. The number of esters is 4. The normalized spacial score (nSPS) is 15.2. The molecule has 2 aliphatic rings. The van der Waals surface area contributed by atoms with E-state index in [9.17, 15) is 19.2 Å². The average Bonchev–Trinajstić information content (AvgIpc) is 2.97. The number of hydrogen-bond donors (Lipinski definition) is 1. The number of rotatable bonds is 2. The van der Waals surface area contributed by atoms with Crippen LogP contribution in [0, 0.1) is 14.1 Å². The number of cyclic esters (lactones) is 4. The molecule has 2 N–H and O–H groups in total. The van der Waals surface area contributed by atoms with E-state index in [2.05, 4.69) is 9.47 Å². The second-order valence-electron chi connectivity index (χ2n) is 5.51. The first-order chi connectivity index (χ1) is 11.8. The van der Waals surface area contributed by atoms with Crippen molar-refractivity contribution >= 4 is 29.6 Å². The third kappa shape index (κ3) is 2.40. The van der Waals surface area contributed by atoms with Gasteiger partial charge in [0.2, 0.25) is 0 Å². The molecule has 0 fully saturated rings. The van der Waals surface area contributed by atoms with E-state index in [1.54, 1.807) is 18.2 Å². The predicted molar refractivity (Wildman–Crippen MR) is 78.9 cm³/mol. The summed E-state index contributed by atoms with van der Waals surface area (Å²) in [5.74, 6) is -2.70. The number of benzene rings is 2. The van der Waals surface area contributed by atoms with Gasteiger partial charge in [-0.25, -0.2) is 0 Å². The fourth-order valence-electron chi connectivity index (χ4n) is 2.63. The van der Waals surface area contributed by atoms with Gasteiger partial charge in [0, 0.05) is 0 Å². The zero-order valence-electron chi connectivity index (χ0n) is 12.7. The number of ether oxygens (including phenoxy) is 2. The SMILES string of the molecule is Cc1cc2c(cc1[I-]c1cc3c(cc1N)C(=O)OC3=O)C(=O)OC2=O. The van der Waals surface area contributed by atoms with Crippen molar-refractivity contribution in [1.82, 2.24) is 0 Å². The monoisotopic (exact) mass is 450 g/mol. The number of hydrogen-bond acceptors (Lipinski definition) is 7. The van der Waals surface area contributed by atoms with Gasteiger partial charge < -0.3 is 0 Å². The van der Waals surface area contributed by atoms with E-state index in [4.69, 9.17) is 5.73 Å². The van der Waals surface area contributed by atoms with Crippen molar-refractivity contribution in [3.05, 3.63) is 59.2 Å². The van der Waals surface area contributed by atoms with E-state index >= 15 is 0 Å². The fraction of sp³-hybridized carbons (Fsp3) is 0.0588. The summed E-state index contributed by atoms with van der Waals surface area (Å²) in [7, 11) is 0. The summed E-state index contributed by atoms with van der Waals surface area (Å²) >= 11 is -0.862. The van der Waals surface area contributed by atoms with Crippen LogP contribution in [-0.4, -0.2) is 23.9 Å². The molecule has 0 saturated carbocycles. The molecular formula is C17H9INO6-. The molecule has 0 bridgehead atoms. The predicted octanol–water partition coefficient (Wildman–Crippen LogP) is -1.67. The summed E-state index contributed by atoms with van der Waals surface area (Å²) in [6.45, 7) is 1.83. The molecule has 2 aromatic carbocycles. The van der Waals surface area contributed by atoms with Gasteiger partial charge in [-0.3, -0.25) is 0 Å². The number of fused-ring (bicyclic) bond motifs is 2. The van der Waals surface area contributed by atoms with Crippen molar-refractivity contribution in [2.75, 3.05) is 5.73 Å². The number of carbonyl (C=O) groups is 4. The van der Waals surface area contributed by atoms with Crippen LogP contribution < -0.4 is 26.9 Å². The molecule has 0 atom stereocenters. The molecule has 2 aromatic rings. The first-order valence-corrected chi connectivity index (χ1v) is 9.27. The third-order valence-electron chi connectivity index (χ3n) is 3.89. The molecule has 0 unspecified atom stereocenters.